The molecule has 0 fully saturated rings. The molecular formula is C14H21NO3. The van der Waals surface area contributed by atoms with E-state index in [0.717, 1.165) is 24.5 Å². The second-order valence-corrected chi connectivity index (χ2v) is 4.18. The third-order valence-electron chi connectivity index (χ3n) is 2.54. The van der Waals surface area contributed by atoms with Crippen LogP contribution in [0.4, 0.5) is 5.69 Å². The SMILES string of the molecule is CCCOc1ccc(NCC(C)C(=O)OC)cc1. The summed E-state index contributed by atoms with van der Waals surface area (Å²) in [5, 5.41) is 3.19. The molecule has 0 aromatic heterocycles. The van der Waals surface area contributed by atoms with Gasteiger partial charge in [-0.05, 0) is 30.7 Å². The van der Waals surface area contributed by atoms with Crippen LogP contribution in [0.15, 0.2) is 24.3 Å². The molecule has 0 heterocycles. The fourth-order valence-corrected chi connectivity index (χ4v) is 1.44. The molecule has 1 atom stereocenters. The summed E-state index contributed by atoms with van der Waals surface area (Å²) >= 11 is 0. The molecule has 4 nitrogen and oxygen atoms in total. The van der Waals surface area contributed by atoms with Crippen molar-refractivity contribution in [1.29, 1.82) is 0 Å². The van der Waals surface area contributed by atoms with Gasteiger partial charge < -0.3 is 14.8 Å². The summed E-state index contributed by atoms with van der Waals surface area (Å²) in [7, 11) is 1.40. The zero-order valence-electron chi connectivity index (χ0n) is 11.2. The lowest BCUT2D eigenvalue weighted by atomic mass is 10.2. The van der Waals surface area contributed by atoms with Crippen molar-refractivity contribution in [1.82, 2.24) is 0 Å². The molecule has 1 aromatic rings. The number of carbonyl (C=O) groups excluding carboxylic acids is 1. The lowest BCUT2D eigenvalue weighted by Crippen LogP contribution is -2.21. The van der Waals surface area contributed by atoms with Gasteiger partial charge in [0.25, 0.3) is 0 Å². The first-order valence-corrected chi connectivity index (χ1v) is 6.22. The Morgan fingerprint density at radius 1 is 1.33 bits per heavy atom. The first-order valence-electron chi connectivity index (χ1n) is 6.22. The van der Waals surface area contributed by atoms with E-state index in [2.05, 4.69) is 17.0 Å². The van der Waals surface area contributed by atoms with E-state index in [4.69, 9.17) is 4.74 Å². The highest BCUT2D eigenvalue weighted by Gasteiger charge is 2.12. The molecule has 0 bridgehead atoms. The highest BCUT2D eigenvalue weighted by atomic mass is 16.5. The molecule has 0 aliphatic heterocycles. The molecule has 1 aromatic carbocycles. The molecule has 0 aliphatic rings. The van der Waals surface area contributed by atoms with Crippen LogP contribution in [-0.2, 0) is 9.53 Å². The van der Waals surface area contributed by atoms with Gasteiger partial charge in [0.15, 0.2) is 0 Å². The van der Waals surface area contributed by atoms with E-state index in [9.17, 15) is 4.79 Å². The van der Waals surface area contributed by atoms with E-state index in [-0.39, 0.29) is 11.9 Å². The number of nitrogens with one attached hydrogen (secondary N) is 1. The van der Waals surface area contributed by atoms with Gasteiger partial charge >= 0.3 is 5.97 Å². The maximum absolute atomic E-state index is 11.2. The van der Waals surface area contributed by atoms with Gasteiger partial charge in [0, 0.05) is 12.2 Å². The maximum atomic E-state index is 11.2. The molecule has 0 radical (unpaired) electrons. The summed E-state index contributed by atoms with van der Waals surface area (Å²) in [6.07, 6.45) is 0.997. The molecular weight excluding hydrogens is 230 g/mol. The Morgan fingerprint density at radius 2 is 2.00 bits per heavy atom. The fourth-order valence-electron chi connectivity index (χ4n) is 1.44. The smallest absolute Gasteiger partial charge is 0.310 e. The number of esters is 1. The summed E-state index contributed by atoms with van der Waals surface area (Å²) in [6.45, 7) is 5.19. The standard InChI is InChI=1S/C14H21NO3/c1-4-9-18-13-7-5-12(6-8-13)15-10-11(2)14(16)17-3/h5-8,11,15H,4,9-10H2,1-3H3. The molecule has 0 saturated heterocycles. The van der Waals surface area contributed by atoms with Gasteiger partial charge in [0.05, 0.1) is 19.6 Å². The average Bonchev–Trinajstić information content (AvgIpc) is 2.42. The Labute approximate surface area is 108 Å². The summed E-state index contributed by atoms with van der Waals surface area (Å²) in [5.41, 5.74) is 0.967. The van der Waals surface area contributed by atoms with Crippen LogP contribution in [0.5, 0.6) is 5.75 Å². The van der Waals surface area contributed by atoms with Crippen molar-refractivity contribution in [2.75, 3.05) is 25.6 Å². The summed E-state index contributed by atoms with van der Waals surface area (Å²) in [6, 6.07) is 7.71. The number of hydrogen-bond donors (Lipinski definition) is 1. The highest BCUT2D eigenvalue weighted by molar-refractivity contribution is 5.72. The maximum Gasteiger partial charge on any atom is 0.310 e. The molecule has 1 rings (SSSR count). The Hall–Kier alpha value is -1.71. The molecule has 1 N–H and O–H groups in total. The van der Waals surface area contributed by atoms with Crippen LogP contribution in [0.1, 0.15) is 20.3 Å². The number of anilines is 1. The van der Waals surface area contributed by atoms with Crippen LogP contribution in [0, 0.1) is 5.92 Å². The summed E-state index contributed by atoms with van der Waals surface area (Å²) in [5.74, 6) is 0.500. The van der Waals surface area contributed by atoms with E-state index < -0.39 is 0 Å². The van der Waals surface area contributed by atoms with E-state index in [1.54, 1.807) is 0 Å². The Morgan fingerprint density at radius 3 is 2.56 bits per heavy atom. The number of hydrogen-bond acceptors (Lipinski definition) is 4. The number of benzene rings is 1. The second kappa shape index (κ2) is 7.58. The number of rotatable bonds is 7. The molecule has 0 spiro atoms. The molecule has 100 valence electrons. The highest BCUT2D eigenvalue weighted by Crippen LogP contribution is 2.16. The van der Waals surface area contributed by atoms with Gasteiger partial charge in [-0.3, -0.25) is 4.79 Å². The van der Waals surface area contributed by atoms with Crippen LogP contribution in [0.25, 0.3) is 0 Å². The molecule has 4 heteroatoms. The van der Waals surface area contributed by atoms with Crippen molar-refractivity contribution < 1.29 is 14.3 Å². The van der Waals surface area contributed by atoms with Crippen molar-refractivity contribution in [3.8, 4) is 5.75 Å². The topological polar surface area (TPSA) is 47.6 Å². The van der Waals surface area contributed by atoms with Crippen LogP contribution < -0.4 is 10.1 Å². The monoisotopic (exact) mass is 251 g/mol. The normalized spacial score (nSPS) is 11.7. The predicted octanol–water partition coefficient (Wildman–Crippen LogP) is 2.70. The Bertz CT molecular complexity index is 362. The summed E-state index contributed by atoms with van der Waals surface area (Å²) < 4.78 is 10.2. The zero-order valence-corrected chi connectivity index (χ0v) is 11.2. The van der Waals surface area contributed by atoms with Gasteiger partial charge in [0.2, 0.25) is 0 Å². The minimum Gasteiger partial charge on any atom is -0.494 e. The number of carbonyl (C=O) groups is 1. The third-order valence-corrected chi connectivity index (χ3v) is 2.54. The van der Waals surface area contributed by atoms with Gasteiger partial charge in [-0.25, -0.2) is 0 Å². The van der Waals surface area contributed by atoms with Crippen molar-refractivity contribution >= 4 is 11.7 Å². The van der Waals surface area contributed by atoms with E-state index >= 15 is 0 Å². The molecule has 0 aliphatic carbocycles. The van der Waals surface area contributed by atoms with Gasteiger partial charge in [-0.15, -0.1) is 0 Å². The quantitative estimate of drug-likeness (QED) is 0.757. The van der Waals surface area contributed by atoms with Crippen molar-refractivity contribution in [3.63, 3.8) is 0 Å². The molecule has 0 amide bonds. The predicted molar refractivity (Wildman–Crippen MR) is 71.9 cm³/mol. The molecule has 1 unspecified atom stereocenters. The van der Waals surface area contributed by atoms with Crippen molar-refractivity contribution in [2.24, 2.45) is 5.92 Å². The van der Waals surface area contributed by atoms with Crippen molar-refractivity contribution in [2.45, 2.75) is 20.3 Å². The van der Waals surface area contributed by atoms with Crippen molar-refractivity contribution in [3.05, 3.63) is 24.3 Å². The lowest BCUT2D eigenvalue weighted by Gasteiger charge is -2.12. The Balaban J connectivity index is 2.41. The third kappa shape index (κ3) is 4.65. The molecule has 18 heavy (non-hydrogen) atoms. The fraction of sp³-hybridized carbons (Fsp3) is 0.500. The van der Waals surface area contributed by atoms with Gasteiger partial charge in [-0.2, -0.15) is 0 Å². The average molecular weight is 251 g/mol. The lowest BCUT2D eigenvalue weighted by molar-refractivity contribution is -0.144. The van der Waals surface area contributed by atoms with Gasteiger partial charge in [-0.1, -0.05) is 13.8 Å². The second-order valence-electron chi connectivity index (χ2n) is 4.18. The minimum absolute atomic E-state index is 0.161. The van der Waals surface area contributed by atoms with Crippen LogP contribution >= 0.6 is 0 Å². The van der Waals surface area contributed by atoms with E-state index in [1.165, 1.54) is 7.11 Å². The van der Waals surface area contributed by atoms with Crippen LogP contribution in [0.3, 0.4) is 0 Å². The van der Waals surface area contributed by atoms with Gasteiger partial charge in [0.1, 0.15) is 5.75 Å². The minimum atomic E-state index is -0.203. The number of methoxy groups -OCH3 is 1. The summed E-state index contributed by atoms with van der Waals surface area (Å²) in [4.78, 5) is 11.2. The largest absolute Gasteiger partial charge is 0.494 e. The molecule has 0 saturated carbocycles. The first-order chi connectivity index (χ1) is 8.67. The van der Waals surface area contributed by atoms with E-state index in [0.29, 0.717) is 6.54 Å². The zero-order chi connectivity index (χ0) is 13.4. The van der Waals surface area contributed by atoms with Crippen LogP contribution in [-0.4, -0.2) is 26.2 Å². The number of ether oxygens (including phenoxy) is 2. The van der Waals surface area contributed by atoms with Crippen LogP contribution in [0.2, 0.25) is 0 Å². The van der Waals surface area contributed by atoms with E-state index in [1.807, 2.05) is 31.2 Å². The first kappa shape index (κ1) is 14.4. The Kier molecular flexibility index (Phi) is 6.05.